The molecule has 1 aromatic carbocycles. The SMILES string of the molecule is CCOC(=O)c1nc(C(C)C)sc1NC(=O)CCCc1ccccc1. The van der Waals surface area contributed by atoms with E-state index in [0.717, 1.165) is 17.8 Å². The van der Waals surface area contributed by atoms with Gasteiger partial charge < -0.3 is 10.1 Å². The van der Waals surface area contributed by atoms with Gasteiger partial charge in [0.25, 0.3) is 0 Å². The first-order valence-electron chi connectivity index (χ1n) is 8.52. The summed E-state index contributed by atoms with van der Waals surface area (Å²) in [5, 5.41) is 4.11. The van der Waals surface area contributed by atoms with Crippen LogP contribution in [0.5, 0.6) is 0 Å². The predicted molar refractivity (Wildman–Crippen MR) is 100 cm³/mol. The molecule has 134 valence electrons. The number of nitrogens with zero attached hydrogens (tertiary/aromatic N) is 1. The summed E-state index contributed by atoms with van der Waals surface area (Å²) in [4.78, 5) is 28.6. The fraction of sp³-hybridized carbons (Fsp3) is 0.421. The van der Waals surface area contributed by atoms with Crippen molar-refractivity contribution in [3.8, 4) is 0 Å². The van der Waals surface area contributed by atoms with Gasteiger partial charge in [0.05, 0.1) is 11.6 Å². The molecular formula is C19H24N2O3S. The standard InChI is InChI=1S/C19H24N2O3S/c1-4-24-19(23)16-18(25-17(21-16)13(2)3)20-15(22)12-8-11-14-9-6-5-7-10-14/h5-7,9-10,13H,4,8,11-12H2,1-3H3,(H,20,22). The van der Waals surface area contributed by atoms with Crippen molar-refractivity contribution >= 4 is 28.2 Å². The molecule has 0 unspecified atom stereocenters. The maximum Gasteiger partial charge on any atom is 0.360 e. The lowest BCUT2D eigenvalue weighted by Crippen LogP contribution is -2.14. The summed E-state index contributed by atoms with van der Waals surface area (Å²) < 4.78 is 5.04. The number of aromatic nitrogens is 1. The molecule has 0 spiro atoms. The molecule has 1 N–H and O–H groups in total. The zero-order valence-electron chi connectivity index (χ0n) is 14.9. The molecule has 0 saturated carbocycles. The summed E-state index contributed by atoms with van der Waals surface area (Å²) in [6, 6.07) is 10.1. The number of anilines is 1. The number of thiazole rings is 1. The summed E-state index contributed by atoms with van der Waals surface area (Å²) in [7, 11) is 0. The average molecular weight is 360 g/mol. The smallest absolute Gasteiger partial charge is 0.360 e. The zero-order chi connectivity index (χ0) is 18.2. The Morgan fingerprint density at radius 1 is 1.24 bits per heavy atom. The molecule has 1 amide bonds. The number of nitrogens with one attached hydrogen (secondary N) is 1. The minimum absolute atomic E-state index is 0.111. The van der Waals surface area contributed by atoms with Gasteiger partial charge in [-0.3, -0.25) is 4.79 Å². The number of rotatable bonds is 8. The van der Waals surface area contributed by atoms with Crippen molar-refractivity contribution in [3.05, 3.63) is 46.6 Å². The molecule has 2 rings (SSSR count). The molecule has 0 bridgehead atoms. The molecule has 0 atom stereocenters. The van der Waals surface area contributed by atoms with Crippen molar-refractivity contribution in [2.75, 3.05) is 11.9 Å². The third kappa shape index (κ3) is 5.67. The first-order valence-corrected chi connectivity index (χ1v) is 9.34. The lowest BCUT2D eigenvalue weighted by Gasteiger charge is -2.05. The van der Waals surface area contributed by atoms with Crippen molar-refractivity contribution in [2.45, 2.75) is 46.0 Å². The molecule has 0 fully saturated rings. The molecule has 0 aliphatic heterocycles. The van der Waals surface area contributed by atoms with E-state index in [2.05, 4.69) is 22.4 Å². The van der Waals surface area contributed by atoms with Crippen LogP contribution in [0.4, 0.5) is 5.00 Å². The minimum atomic E-state index is -0.495. The van der Waals surface area contributed by atoms with Crippen LogP contribution < -0.4 is 5.32 Å². The highest BCUT2D eigenvalue weighted by molar-refractivity contribution is 7.16. The van der Waals surface area contributed by atoms with E-state index < -0.39 is 5.97 Å². The second-order valence-corrected chi connectivity index (χ2v) is 7.02. The van der Waals surface area contributed by atoms with Crippen LogP contribution in [0.1, 0.15) is 60.6 Å². The third-order valence-electron chi connectivity index (χ3n) is 3.57. The number of hydrogen-bond acceptors (Lipinski definition) is 5. The van der Waals surface area contributed by atoms with Crippen molar-refractivity contribution in [3.63, 3.8) is 0 Å². The Bertz CT molecular complexity index is 711. The van der Waals surface area contributed by atoms with Crippen LogP contribution in [0, 0.1) is 0 Å². The van der Waals surface area contributed by atoms with Crippen LogP contribution in [-0.4, -0.2) is 23.5 Å². The Kier molecular flexibility index (Phi) is 7.13. The molecule has 0 aliphatic rings. The van der Waals surface area contributed by atoms with Crippen LogP contribution in [0.25, 0.3) is 0 Å². The maximum atomic E-state index is 12.2. The molecule has 1 aromatic heterocycles. The van der Waals surface area contributed by atoms with Gasteiger partial charge in [-0.1, -0.05) is 44.2 Å². The number of carbonyl (C=O) groups excluding carboxylic acids is 2. The number of ether oxygens (including phenoxy) is 1. The number of aryl methyl sites for hydroxylation is 1. The monoisotopic (exact) mass is 360 g/mol. The largest absolute Gasteiger partial charge is 0.461 e. The highest BCUT2D eigenvalue weighted by Crippen LogP contribution is 2.30. The van der Waals surface area contributed by atoms with E-state index in [-0.39, 0.29) is 24.1 Å². The van der Waals surface area contributed by atoms with Gasteiger partial charge in [-0.2, -0.15) is 0 Å². The fourth-order valence-electron chi connectivity index (χ4n) is 2.29. The van der Waals surface area contributed by atoms with Crippen molar-refractivity contribution in [2.24, 2.45) is 0 Å². The highest BCUT2D eigenvalue weighted by Gasteiger charge is 2.22. The Hall–Kier alpha value is -2.21. The van der Waals surface area contributed by atoms with Crippen molar-refractivity contribution < 1.29 is 14.3 Å². The van der Waals surface area contributed by atoms with E-state index in [4.69, 9.17) is 4.74 Å². The lowest BCUT2D eigenvalue weighted by molar-refractivity contribution is -0.116. The first kappa shape index (κ1) is 19.1. The van der Waals surface area contributed by atoms with E-state index in [1.165, 1.54) is 16.9 Å². The quantitative estimate of drug-likeness (QED) is 0.708. The van der Waals surface area contributed by atoms with Crippen LogP contribution in [-0.2, 0) is 16.0 Å². The summed E-state index contributed by atoms with van der Waals surface area (Å²) in [5.74, 6) is -0.424. The minimum Gasteiger partial charge on any atom is -0.461 e. The Morgan fingerprint density at radius 3 is 2.60 bits per heavy atom. The predicted octanol–water partition coefficient (Wildman–Crippen LogP) is 4.40. The number of hydrogen-bond donors (Lipinski definition) is 1. The first-order chi connectivity index (χ1) is 12.0. The number of carbonyl (C=O) groups is 2. The summed E-state index contributed by atoms with van der Waals surface area (Å²) in [6.07, 6.45) is 1.99. The molecule has 5 nitrogen and oxygen atoms in total. The van der Waals surface area contributed by atoms with Crippen LogP contribution in [0.3, 0.4) is 0 Å². The molecule has 2 aromatic rings. The second kappa shape index (κ2) is 9.32. The van der Waals surface area contributed by atoms with Gasteiger partial charge in [0.1, 0.15) is 5.00 Å². The van der Waals surface area contributed by atoms with Gasteiger partial charge in [-0.25, -0.2) is 9.78 Å². The zero-order valence-corrected chi connectivity index (χ0v) is 15.7. The molecule has 0 radical (unpaired) electrons. The van der Waals surface area contributed by atoms with E-state index >= 15 is 0 Å². The summed E-state index contributed by atoms with van der Waals surface area (Å²) in [6.45, 7) is 6.02. The highest BCUT2D eigenvalue weighted by atomic mass is 32.1. The molecule has 6 heteroatoms. The van der Waals surface area contributed by atoms with E-state index in [1.54, 1.807) is 6.92 Å². The molecule has 0 aliphatic carbocycles. The van der Waals surface area contributed by atoms with Gasteiger partial charge in [-0.05, 0) is 25.3 Å². The Balaban J connectivity index is 1.97. The van der Waals surface area contributed by atoms with E-state index in [0.29, 0.717) is 11.4 Å². The number of benzene rings is 1. The van der Waals surface area contributed by atoms with Crippen LogP contribution in [0.2, 0.25) is 0 Å². The molecule has 0 saturated heterocycles. The molecule has 25 heavy (non-hydrogen) atoms. The van der Waals surface area contributed by atoms with Gasteiger partial charge >= 0.3 is 5.97 Å². The summed E-state index contributed by atoms with van der Waals surface area (Å²) in [5.41, 5.74) is 1.41. The van der Waals surface area contributed by atoms with E-state index in [9.17, 15) is 9.59 Å². The third-order valence-corrected chi connectivity index (χ3v) is 4.84. The Labute approximate surface area is 152 Å². The van der Waals surface area contributed by atoms with Gasteiger partial charge in [0.2, 0.25) is 5.91 Å². The fourth-order valence-corrected chi connectivity index (χ4v) is 3.27. The van der Waals surface area contributed by atoms with E-state index in [1.807, 2.05) is 32.0 Å². The average Bonchev–Trinajstić information content (AvgIpc) is 3.00. The maximum absolute atomic E-state index is 12.2. The van der Waals surface area contributed by atoms with Crippen molar-refractivity contribution in [1.29, 1.82) is 0 Å². The number of esters is 1. The number of amides is 1. The normalized spacial score (nSPS) is 10.7. The van der Waals surface area contributed by atoms with Gasteiger partial charge in [-0.15, -0.1) is 11.3 Å². The van der Waals surface area contributed by atoms with Crippen LogP contribution in [0.15, 0.2) is 30.3 Å². The Morgan fingerprint density at radius 2 is 1.96 bits per heavy atom. The van der Waals surface area contributed by atoms with Gasteiger partial charge in [0, 0.05) is 12.3 Å². The lowest BCUT2D eigenvalue weighted by atomic mass is 10.1. The second-order valence-electron chi connectivity index (χ2n) is 5.99. The van der Waals surface area contributed by atoms with Gasteiger partial charge in [0.15, 0.2) is 5.69 Å². The molecular weight excluding hydrogens is 336 g/mol. The summed E-state index contributed by atoms with van der Waals surface area (Å²) >= 11 is 1.34. The van der Waals surface area contributed by atoms with Crippen molar-refractivity contribution in [1.82, 2.24) is 4.98 Å². The molecule has 1 heterocycles. The van der Waals surface area contributed by atoms with Crippen LogP contribution >= 0.6 is 11.3 Å². The topological polar surface area (TPSA) is 68.3 Å².